The Labute approximate surface area is 469 Å². The molecule has 5 aromatic carbocycles. The van der Waals surface area contributed by atoms with E-state index in [-0.39, 0.29) is 29.8 Å². The number of hydrogen-bond acceptors (Lipinski definition) is 7. The molecule has 12 rings (SSSR count). The summed E-state index contributed by atoms with van der Waals surface area (Å²) in [6, 6.07) is 32.5. The van der Waals surface area contributed by atoms with Gasteiger partial charge in [-0.2, -0.15) is 0 Å². The molecule has 0 unspecified atom stereocenters. The molecule has 386 valence electrons. The number of carboxylic acid groups (broad SMARTS) is 2. The highest BCUT2D eigenvalue weighted by molar-refractivity contribution is 7.80. The summed E-state index contributed by atoms with van der Waals surface area (Å²) in [5.74, 6) is -1.54. The van der Waals surface area contributed by atoms with Gasteiger partial charge in [0, 0.05) is 71.5 Å². The number of carbonyl (C=O) groups is 2. The molecule has 0 saturated carbocycles. The summed E-state index contributed by atoms with van der Waals surface area (Å²) in [5, 5.41) is 22.3. The van der Waals surface area contributed by atoms with Gasteiger partial charge in [0.15, 0.2) is 0 Å². The van der Waals surface area contributed by atoms with Gasteiger partial charge in [0.05, 0.1) is 67.2 Å². The molecule has 0 radical (unpaired) electrons. The average molecular weight is 1120 g/mol. The number of halogens is 4. The maximum Gasteiger partial charge on any atom is 0.335 e. The fourth-order valence-corrected chi connectivity index (χ4v) is 11.7. The third-order valence-electron chi connectivity index (χ3n) is 14.0. The molecule has 0 amide bonds. The zero-order valence-corrected chi connectivity index (χ0v) is 45.7. The van der Waals surface area contributed by atoms with Crippen LogP contribution in [0.1, 0.15) is 93.8 Å². The summed E-state index contributed by atoms with van der Waals surface area (Å²) < 4.78 is 13.5. The molecular weight excluding hydrogens is 1070 g/mol. The average Bonchev–Trinajstić information content (AvgIpc) is 4.28. The van der Waals surface area contributed by atoms with Crippen molar-refractivity contribution < 1.29 is 29.3 Å². The van der Waals surface area contributed by atoms with Crippen LogP contribution in [0.5, 0.6) is 11.5 Å². The second-order valence-corrected chi connectivity index (χ2v) is 22.1. The van der Waals surface area contributed by atoms with Crippen molar-refractivity contribution in [2.24, 2.45) is 0 Å². The number of carboxylic acids is 2. The smallest absolute Gasteiger partial charge is 0.335 e. The third kappa shape index (κ3) is 10.0. The van der Waals surface area contributed by atoms with Crippen molar-refractivity contribution in [3.63, 3.8) is 0 Å². The highest BCUT2D eigenvalue weighted by Crippen LogP contribution is 2.46. The van der Waals surface area contributed by atoms with Gasteiger partial charge in [0.2, 0.25) is 0 Å². The summed E-state index contributed by atoms with van der Waals surface area (Å²) in [5.41, 5.74) is 12.2. The number of thiol groups is 1. The SMILES string of the molecule is CC(C)(C)c1cc2c(S)c(c1)CCCOc1cc(C(=O)O)ccc1-c1c3nc(c(-c4c(Cl)cccc4Cl)c4ccc([nH]4)c(c4nc(c(-c5c(Cl)cccc5Cl)c5ccc1[nH]5)C=C4)-c1ccc(C(=O)O)cc1OCCC2)C=C3. The van der Waals surface area contributed by atoms with Crippen molar-refractivity contribution in [2.75, 3.05) is 13.2 Å². The van der Waals surface area contributed by atoms with Crippen LogP contribution in [0.4, 0.5) is 0 Å². The molecule has 4 N–H and O–H groups in total. The summed E-state index contributed by atoms with van der Waals surface area (Å²) in [7, 11) is 0. The first-order chi connectivity index (χ1) is 37.0. The molecule has 10 nitrogen and oxygen atoms in total. The highest BCUT2D eigenvalue weighted by atomic mass is 35.5. The van der Waals surface area contributed by atoms with E-state index in [4.69, 9.17) is 78.5 Å². The number of H-pyrrole nitrogens is 2. The zero-order valence-electron chi connectivity index (χ0n) is 41.8. The molecule has 0 atom stereocenters. The Morgan fingerprint density at radius 3 is 1.25 bits per heavy atom. The topological polar surface area (TPSA) is 150 Å². The Morgan fingerprint density at radius 2 is 0.883 bits per heavy atom. The molecule has 4 aliphatic rings. The van der Waals surface area contributed by atoms with Gasteiger partial charge in [-0.1, -0.05) is 91.4 Å². The number of aryl methyl sites for hydroxylation is 2. The van der Waals surface area contributed by atoms with Gasteiger partial charge in [-0.05, 0) is 157 Å². The van der Waals surface area contributed by atoms with Crippen molar-refractivity contribution >= 4 is 117 Å². The van der Waals surface area contributed by atoms with E-state index >= 15 is 0 Å². The lowest BCUT2D eigenvalue weighted by Crippen LogP contribution is -2.13. The molecule has 0 saturated heterocycles. The lowest BCUT2D eigenvalue weighted by molar-refractivity contribution is 0.0685. The fourth-order valence-electron chi connectivity index (χ4n) is 10.2. The Balaban J connectivity index is 1.30. The predicted octanol–water partition coefficient (Wildman–Crippen LogP) is 17.3. The van der Waals surface area contributed by atoms with E-state index in [1.165, 1.54) is 0 Å². The Morgan fingerprint density at radius 1 is 0.519 bits per heavy atom. The molecule has 0 fully saturated rings. The largest absolute Gasteiger partial charge is 0.493 e. The van der Waals surface area contributed by atoms with Crippen LogP contribution in [-0.2, 0) is 18.3 Å². The number of nitrogens with zero attached hydrogens (tertiary/aromatic N) is 2. The fraction of sp³-hybridized carbons (Fsp3) is 0.161. The van der Waals surface area contributed by atoms with Crippen LogP contribution in [0.25, 0.3) is 90.9 Å². The molecule has 8 aromatic rings. The van der Waals surface area contributed by atoms with Gasteiger partial charge in [0.25, 0.3) is 0 Å². The van der Waals surface area contributed by atoms with Crippen molar-refractivity contribution in [3.05, 3.63) is 180 Å². The first kappa shape index (κ1) is 51.8. The number of nitrogens with one attached hydrogen (secondary N) is 2. The number of aromatic nitrogens is 4. The third-order valence-corrected chi connectivity index (χ3v) is 15.8. The number of rotatable bonds is 4. The van der Waals surface area contributed by atoms with Crippen molar-refractivity contribution in [3.8, 4) is 56.0 Å². The number of hydrogen-bond donors (Lipinski definition) is 5. The predicted molar refractivity (Wildman–Crippen MR) is 315 cm³/mol. The van der Waals surface area contributed by atoms with Crippen molar-refractivity contribution in [1.82, 2.24) is 19.9 Å². The molecule has 77 heavy (non-hydrogen) atoms. The van der Waals surface area contributed by atoms with Crippen LogP contribution >= 0.6 is 59.0 Å². The monoisotopic (exact) mass is 1120 g/mol. The number of benzene rings is 5. The molecule has 7 heterocycles. The van der Waals surface area contributed by atoms with E-state index in [1.807, 2.05) is 48.6 Å². The first-order valence-corrected chi connectivity index (χ1v) is 26.9. The van der Waals surface area contributed by atoms with Crippen molar-refractivity contribution in [1.29, 1.82) is 0 Å². The van der Waals surface area contributed by atoms with Gasteiger partial charge < -0.3 is 29.7 Å². The highest BCUT2D eigenvalue weighted by Gasteiger charge is 2.26. The zero-order chi connectivity index (χ0) is 53.9. The van der Waals surface area contributed by atoms with Crippen LogP contribution in [0.3, 0.4) is 0 Å². The van der Waals surface area contributed by atoms with Crippen LogP contribution in [0.15, 0.2) is 114 Å². The van der Waals surface area contributed by atoms with Crippen LogP contribution < -0.4 is 9.47 Å². The van der Waals surface area contributed by atoms with Crippen molar-refractivity contribution in [2.45, 2.75) is 56.8 Å². The number of aromatic carboxylic acids is 2. The van der Waals surface area contributed by atoms with Gasteiger partial charge in [0.1, 0.15) is 11.5 Å². The first-order valence-electron chi connectivity index (χ1n) is 24.9. The minimum atomic E-state index is -1.11. The number of aromatic amines is 2. The Hall–Kier alpha value is -7.25. The molecule has 12 bridgehead atoms. The Kier molecular flexibility index (Phi) is 14.1. The molecule has 0 spiro atoms. The second kappa shape index (κ2) is 20.9. The number of ether oxygens (including phenoxy) is 2. The quantitative estimate of drug-likeness (QED) is 0.109. The Bertz CT molecular complexity index is 3730. The summed E-state index contributed by atoms with van der Waals surface area (Å²) >= 11 is 33.6. The standard InChI is InChI=1S/C62H48Cl4N4O6S/c1-62(2,3)36-28-32-8-6-26-75-51-30-34(60(71)72)14-16-37(51)53-43-18-22-47(67-43)57(55-39(63)10-4-11-40(55)64)48-23-19-44(68-48)54(38-17-15-35(61(73)74)31-52(38)76-27-7-9-33(29-36)59(32)77)46-21-25-50(70-46)58(49-24-20-45(53)69-49)56-41(65)12-5-13-42(56)66/h4-5,10-25,28-31,67,70,77H,6-9,26-27H2,1-3H3,(H,71,72)(H,73,74). The molecule has 4 aliphatic heterocycles. The van der Waals surface area contributed by atoms with E-state index in [0.717, 1.165) is 21.6 Å². The summed E-state index contributed by atoms with van der Waals surface area (Å²) in [6.07, 6.45) is 9.97. The van der Waals surface area contributed by atoms with Gasteiger partial charge in [-0.3, -0.25) is 0 Å². The second-order valence-electron chi connectivity index (χ2n) is 20.0. The van der Waals surface area contributed by atoms with Gasteiger partial charge >= 0.3 is 11.9 Å². The van der Waals surface area contributed by atoms with E-state index < -0.39 is 11.9 Å². The lowest BCUT2D eigenvalue weighted by Gasteiger charge is -2.23. The summed E-state index contributed by atoms with van der Waals surface area (Å²) in [6.45, 7) is 7.01. The molecule has 15 heteroatoms. The lowest BCUT2D eigenvalue weighted by atomic mass is 9.84. The van der Waals surface area contributed by atoms with E-state index in [9.17, 15) is 19.8 Å². The molecule has 3 aromatic heterocycles. The summed E-state index contributed by atoms with van der Waals surface area (Å²) in [4.78, 5) is 44.4. The van der Waals surface area contributed by atoms with E-state index in [2.05, 4.69) is 42.9 Å². The van der Waals surface area contributed by atoms with Crippen LogP contribution in [0.2, 0.25) is 20.1 Å². The minimum absolute atomic E-state index is 0.0490. The molecule has 0 aliphatic carbocycles. The van der Waals surface area contributed by atoms with Gasteiger partial charge in [-0.25, -0.2) is 19.6 Å². The molecular formula is C62H48Cl4N4O6S. The van der Waals surface area contributed by atoms with E-state index in [1.54, 1.807) is 72.8 Å². The minimum Gasteiger partial charge on any atom is -0.493 e. The van der Waals surface area contributed by atoms with Crippen LogP contribution in [0, 0.1) is 0 Å². The van der Waals surface area contributed by atoms with E-state index in [0.29, 0.717) is 147 Å². The normalized spacial score (nSPS) is 13.5. The van der Waals surface area contributed by atoms with Gasteiger partial charge in [-0.15, -0.1) is 12.6 Å². The maximum atomic E-state index is 12.7. The maximum absolute atomic E-state index is 12.7. The number of fused-ring (bicyclic) bond motifs is 6. The van der Waals surface area contributed by atoms with Crippen LogP contribution in [-0.4, -0.2) is 55.3 Å².